The van der Waals surface area contributed by atoms with Gasteiger partial charge in [-0.05, 0) is 37.0 Å². The standard InChI is InChI=1S/C23H38O6S/c1-3-5-7-9-10-11-12-14-20-16-18-21(19-17-20)28-23(24)22(29-30(25,26)27)15-13-8-6-4-2/h16-19,22H,3-15H2,1-2H3,(H,25,26,27). The Bertz CT molecular complexity index is 684. The molecular weight excluding hydrogens is 404 g/mol. The molecule has 0 bridgehead atoms. The Labute approximate surface area is 182 Å². The van der Waals surface area contributed by atoms with Gasteiger partial charge in [0, 0.05) is 0 Å². The maximum Gasteiger partial charge on any atom is 0.398 e. The van der Waals surface area contributed by atoms with Gasteiger partial charge in [-0.25, -0.2) is 8.98 Å². The zero-order valence-corrected chi connectivity index (χ0v) is 19.3. The summed E-state index contributed by atoms with van der Waals surface area (Å²) >= 11 is 0. The molecule has 30 heavy (non-hydrogen) atoms. The number of hydrogen-bond acceptors (Lipinski definition) is 5. The van der Waals surface area contributed by atoms with E-state index in [1.54, 1.807) is 12.1 Å². The molecule has 0 heterocycles. The van der Waals surface area contributed by atoms with Gasteiger partial charge in [0.05, 0.1) is 0 Å². The van der Waals surface area contributed by atoms with Gasteiger partial charge in [-0.1, -0.05) is 90.2 Å². The van der Waals surface area contributed by atoms with E-state index >= 15 is 0 Å². The highest BCUT2D eigenvalue weighted by atomic mass is 32.3. The number of carbonyl (C=O) groups is 1. The average Bonchev–Trinajstić information content (AvgIpc) is 2.70. The fraction of sp³-hybridized carbons (Fsp3) is 0.696. The summed E-state index contributed by atoms with van der Waals surface area (Å²) in [5.74, 6) is -0.482. The van der Waals surface area contributed by atoms with Crippen LogP contribution in [0.15, 0.2) is 24.3 Å². The summed E-state index contributed by atoms with van der Waals surface area (Å²) in [6, 6.07) is 7.24. The number of benzene rings is 1. The van der Waals surface area contributed by atoms with Crippen LogP contribution >= 0.6 is 0 Å². The predicted octanol–water partition coefficient (Wildman–Crippen LogP) is 6.04. The molecule has 1 aromatic carbocycles. The normalized spacial score (nSPS) is 12.6. The highest BCUT2D eigenvalue weighted by Crippen LogP contribution is 2.18. The van der Waals surface area contributed by atoms with Crippen molar-refractivity contribution in [2.24, 2.45) is 0 Å². The molecule has 0 amide bonds. The molecule has 1 unspecified atom stereocenters. The number of carbonyl (C=O) groups excluding carboxylic acids is 1. The van der Waals surface area contributed by atoms with Crippen LogP contribution in [0.1, 0.15) is 96.5 Å². The van der Waals surface area contributed by atoms with E-state index in [-0.39, 0.29) is 6.42 Å². The summed E-state index contributed by atoms with van der Waals surface area (Å²) in [5.41, 5.74) is 1.17. The summed E-state index contributed by atoms with van der Waals surface area (Å²) in [6.07, 6.45) is 12.1. The number of unbranched alkanes of at least 4 members (excludes halogenated alkanes) is 9. The molecule has 0 aromatic heterocycles. The Balaban J connectivity index is 2.47. The van der Waals surface area contributed by atoms with E-state index in [9.17, 15) is 13.2 Å². The summed E-state index contributed by atoms with van der Waals surface area (Å²) < 4.78 is 40.9. The van der Waals surface area contributed by atoms with E-state index in [1.165, 1.54) is 44.1 Å². The monoisotopic (exact) mass is 442 g/mol. The number of aryl methyl sites for hydroxylation is 1. The molecule has 0 aliphatic heterocycles. The third kappa shape index (κ3) is 13.0. The highest BCUT2D eigenvalue weighted by Gasteiger charge is 2.26. The Morgan fingerprint density at radius 2 is 1.40 bits per heavy atom. The minimum atomic E-state index is -4.73. The summed E-state index contributed by atoms with van der Waals surface area (Å²) in [7, 11) is -4.73. The van der Waals surface area contributed by atoms with Crippen molar-refractivity contribution >= 4 is 16.4 Å². The van der Waals surface area contributed by atoms with E-state index < -0.39 is 22.5 Å². The van der Waals surface area contributed by atoms with Gasteiger partial charge >= 0.3 is 16.4 Å². The molecular formula is C23H38O6S. The SMILES string of the molecule is CCCCCCCCCc1ccc(OC(=O)C(CCCCCC)OS(=O)(=O)O)cc1. The molecule has 0 spiro atoms. The van der Waals surface area contributed by atoms with Crippen molar-refractivity contribution in [3.05, 3.63) is 29.8 Å². The van der Waals surface area contributed by atoms with Gasteiger partial charge < -0.3 is 4.74 Å². The van der Waals surface area contributed by atoms with Gasteiger partial charge in [-0.2, -0.15) is 8.42 Å². The first-order chi connectivity index (χ1) is 14.4. The lowest BCUT2D eigenvalue weighted by Gasteiger charge is -2.14. The lowest BCUT2D eigenvalue weighted by Crippen LogP contribution is -2.31. The molecule has 0 fully saturated rings. The number of ether oxygens (including phenoxy) is 1. The van der Waals surface area contributed by atoms with Gasteiger partial charge in [-0.15, -0.1) is 0 Å². The number of esters is 1. The first kappa shape index (κ1) is 26.6. The van der Waals surface area contributed by atoms with E-state index in [0.717, 1.165) is 32.1 Å². The van der Waals surface area contributed by atoms with E-state index in [2.05, 4.69) is 18.0 Å². The third-order valence-corrected chi connectivity index (χ3v) is 5.51. The molecule has 6 nitrogen and oxygen atoms in total. The molecule has 0 saturated heterocycles. The van der Waals surface area contributed by atoms with Crippen LogP contribution in [0.2, 0.25) is 0 Å². The minimum Gasteiger partial charge on any atom is -0.425 e. The lowest BCUT2D eigenvalue weighted by molar-refractivity contribution is -0.142. The van der Waals surface area contributed by atoms with Crippen molar-refractivity contribution in [2.75, 3.05) is 0 Å². The van der Waals surface area contributed by atoms with Crippen LogP contribution in [0.5, 0.6) is 5.75 Å². The molecule has 172 valence electrons. The molecule has 1 atom stereocenters. The van der Waals surface area contributed by atoms with Gasteiger partial charge in [-0.3, -0.25) is 4.55 Å². The summed E-state index contributed by atoms with van der Waals surface area (Å²) in [4.78, 5) is 12.3. The van der Waals surface area contributed by atoms with Crippen LogP contribution in [0.4, 0.5) is 0 Å². The lowest BCUT2D eigenvalue weighted by atomic mass is 10.0. The largest absolute Gasteiger partial charge is 0.425 e. The average molecular weight is 443 g/mol. The van der Waals surface area contributed by atoms with Gasteiger partial charge in [0.25, 0.3) is 0 Å². The first-order valence-electron chi connectivity index (χ1n) is 11.3. The van der Waals surface area contributed by atoms with Crippen molar-refractivity contribution in [1.29, 1.82) is 0 Å². The Morgan fingerprint density at radius 3 is 1.97 bits per heavy atom. The molecule has 7 heteroatoms. The zero-order valence-electron chi connectivity index (χ0n) is 18.5. The maximum atomic E-state index is 12.3. The fourth-order valence-electron chi connectivity index (χ4n) is 3.30. The van der Waals surface area contributed by atoms with E-state index in [1.807, 2.05) is 12.1 Å². The Hall–Kier alpha value is -1.44. The van der Waals surface area contributed by atoms with E-state index in [0.29, 0.717) is 12.2 Å². The van der Waals surface area contributed by atoms with Crippen molar-refractivity contribution in [3.8, 4) is 5.75 Å². The molecule has 0 saturated carbocycles. The van der Waals surface area contributed by atoms with Crippen LogP contribution < -0.4 is 4.74 Å². The second kappa shape index (κ2) is 15.4. The predicted molar refractivity (Wildman–Crippen MR) is 119 cm³/mol. The summed E-state index contributed by atoms with van der Waals surface area (Å²) in [5, 5.41) is 0. The minimum absolute atomic E-state index is 0.176. The van der Waals surface area contributed by atoms with Crippen molar-refractivity contribution in [2.45, 2.75) is 103 Å². The van der Waals surface area contributed by atoms with E-state index in [4.69, 9.17) is 9.29 Å². The molecule has 0 aliphatic carbocycles. The second-order valence-corrected chi connectivity index (χ2v) is 8.85. The second-order valence-electron chi connectivity index (χ2n) is 7.80. The third-order valence-electron chi connectivity index (χ3n) is 5.03. The van der Waals surface area contributed by atoms with Crippen molar-refractivity contribution in [1.82, 2.24) is 0 Å². The Morgan fingerprint density at radius 1 is 0.867 bits per heavy atom. The first-order valence-corrected chi connectivity index (χ1v) is 12.7. The number of rotatable bonds is 17. The topological polar surface area (TPSA) is 89.9 Å². The molecule has 0 aliphatic rings. The van der Waals surface area contributed by atoms with Crippen LogP contribution in [-0.4, -0.2) is 25.0 Å². The molecule has 1 N–H and O–H groups in total. The number of hydrogen-bond donors (Lipinski definition) is 1. The summed E-state index contributed by atoms with van der Waals surface area (Å²) in [6.45, 7) is 4.27. The zero-order chi connectivity index (χ0) is 22.2. The molecule has 0 radical (unpaired) electrons. The van der Waals surface area contributed by atoms with Crippen molar-refractivity contribution < 1.29 is 26.7 Å². The van der Waals surface area contributed by atoms with Crippen molar-refractivity contribution in [3.63, 3.8) is 0 Å². The molecule has 1 aromatic rings. The smallest absolute Gasteiger partial charge is 0.398 e. The highest BCUT2D eigenvalue weighted by molar-refractivity contribution is 7.80. The molecule has 1 rings (SSSR count). The maximum absolute atomic E-state index is 12.3. The van der Waals surface area contributed by atoms with Gasteiger partial charge in [0.15, 0.2) is 6.10 Å². The van der Waals surface area contributed by atoms with Crippen LogP contribution in [0.3, 0.4) is 0 Å². The fourth-order valence-corrected chi connectivity index (χ4v) is 3.77. The van der Waals surface area contributed by atoms with Gasteiger partial charge in [0.1, 0.15) is 5.75 Å². The van der Waals surface area contributed by atoms with Crippen LogP contribution in [-0.2, 0) is 25.8 Å². The van der Waals surface area contributed by atoms with Crippen LogP contribution in [0.25, 0.3) is 0 Å². The quantitative estimate of drug-likeness (QED) is 0.137. The van der Waals surface area contributed by atoms with Gasteiger partial charge in [0.2, 0.25) is 0 Å². The van der Waals surface area contributed by atoms with Crippen LogP contribution in [0, 0.1) is 0 Å². The Kier molecular flexibility index (Phi) is 13.6.